The Morgan fingerprint density at radius 1 is 1.05 bits per heavy atom. The molecule has 2 aromatic rings. The number of carbonyl (C=O) groups is 1. The molecule has 2 N–H and O–H groups in total. The summed E-state index contributed by atoms with van der Waals surface area (Å²) < 4.78 is 0. The number of hydrogen-bond acceptors (Lipinski definition) is 2. The highest BCUT2D eigenvalue weighted by Crippen LogP contribution is 2.23. The van der Waals surface area contributed by atoms with Gasteiger partial charge >= 0.3 is 0 Å². The average molecular weight is 297 g/mol. The van der Waals surface area contributed by atoms with Gasteiger partial charge in [-0.1, -0.05) is 62.4 Å². The molecule has 0 aliphatic rings. The van der Waals surface area contributed by atoms with Crippen LogP contribution in [-0.2, 0) is 0 Å². The van der Waals surface area contributed by atoms with Crippen molar-refractivity contribution in [3.63, 3.8) is 0 Å². The summed E-state index contributed by atoms with van der Waals surface area (Å²) in [7, 11) is 0. The molecule has 3 nitrogen and oxygen atoms in total. The van der Waals surface area contributed by atoms with Crippen LogP contribution in [0.25, 0.3) is 11.1 Å². The Morgan fingerprint density at radius 3 is 2.36 bits per heavy atom. The first-order chi connectivity index (χ1) is 10.6. The smallest absolute Gasteiger partial charge is 0.252 e. The molecule has 22 heavy (non-hydrogen) atoms. The third kappa shape index (κ3) is 4.43. The van der Waals surface area contributed by atoms with Crippen LogP contribution < -0.4 is 5.32 Å². The van der Waals surface area contributed by atoms with Gasteiger partial charge in [0.25, 0.3) is 5.91 Å². The summed E-state index contributed by atoms with van der Waals surface area (Å²) in [5, 5.41) is 12.7. The molecule has 1 unspecified atom stereocenters. The molecule has 0 saturated heterocycles. The molecule has 3 heteroatoms. The fourth-order valence-electron chi connectivity index (χ4n) is 2.48. The summed E-state index contributed by atoms with van der Waals surface area (Å²) in [5.41, 5.74) is 2.54. The number of aliphatic hydroxyl groups is 1. The van der Waals surface area contributed by atoms with Crippen molar-refractivity contribution in [3.05, 3.63) is 60.2 Å². The number of amides is 1. The van der Waals surface area contributed by atoms with E-state index in [2.05, 4.69) is 19.2 Å². The molecule has 2 aromatic carbocycles. The second kappa shape index (κ2) is 7.76. The summed E-state index contributed by atoms with van der Waals surface area (Å²) in [5.74, 6) is 0.255. The fourth-order valence-corrected chi connectivity index (χ4v) is 2.48. The van der Waals surface area contributed by atoms with Crippen LogP contribution in [-0.4, -0.2) is 23.7 Å². The molecule has 0 spiro atoms. The Morgan fingerprint density at radius 2 is 1.68 bits per heavy atom. The standard InChI is InChI=1S/C19H23NO2/c1-14(2)12-16(21)13-20-19(22)18-11-7-6-10-17(18)15-8-4-3-5-9-15/h3-11,14,16,21H,12-13H2,1-2H3,(H,20,22). The Kier molecular flexibility index (Phi) is 5.73. The van der Waals surface area contributed by atoms with Crippen LogP contribution in [0.2, 0.25) is 0 Å². The molecule has 0 aliphatic carbocycles. The summed E-state index contributed by atoms with van der Waals surface area (Å²) in [6, 6.07) is 17.4. The summed E-state index contributed by atoms with van der Waals surface area (Å²) >= 11 is 0. The van der Waals surface area contributed by atoms with Gasteiger partial charge in [-0.3, -0.25) is 4.79 Å². The number of aliphatic hydroxyl groups excluding tert-OH is 1. The second-order valence-corrected chi connectivity index (χ2v) is 5.91. The molecule has 0 saturated carbocycles. The Balaban J connectivity index is 2.11. The zero-order chi connectivity index (χ0) is 15.9. The molecule has 0 bridgehead atoms. The van der Waals surface area contributed by atoms with E-state index in [1.54, 1.807) is 0 Å². The molecule has 1 amide bonds. The van der Waals surface area contributed by atoms with E-state index in [1.807, 2.05) is 54.6 Å². The largest absolute Gasteiger partial charge is 0.391 e. The lowest BCUT2D eigenvalue weighted by Crippen LogP contribution is -2.33. The number of carbonyl (C=O) groups excluding carboxylic acids is 1. The highest BCUT2D eigenvalue weighted by molar-refractivity contribution is 6.00. The van der Waals surface area contributed by atoms with E-state index in [1.165, 1.54) is 0 Å². The third-order valence-electron chi connectivity index (χ3n) is 3.50. The maximum absolute atomic E-state index is 12.4. The quantitative estimate of drug-likeness (QED) is 0.857. The highest BCUT2D eigenvalue weighted by Gasteiger charge is 2.14. The van der Waals surface area contributed by atoms with E-state index in [0.717, 1.165) is 11.1 Å². The van der Waals surface area contributed by atoms with Crippen LogP contribution in [0.4, 0.5) is 0 Å². The van der Waals surface area contributed by atoms with E-state index in [4.69, 9.17) is 0 Å². The van der Waals surface area contributed by atoms with Crippen LogP contribution in [0, 0.1) is 5.92 Å². The maximum Gasteiger partial charge on any atom is 0.252 e. The number of hydrogen-bond donors (Lipinski definition) is 2. The Labute approximate surface area is 132 Å². The first-order valence-corrected chi connectivity index (χ1v) is 7.68. The van der Waals surface area contributed by atoms with E-state index in [0.29, 0.717) is 17.9 Å². The van der Waals surface area contributed by atoms with Gasteiger partial charge in [-0.2, -0.15) is 0 Å². The van der Waals surface area contributed by atoms with E-state index in [-0.39, 0.29) is 12.5 Å². The van der Waals surface area contributed by atoms with Crippen LogP contribution >= 0.6 is 0 Å². The fraction of sp³-hybridized carbons (Fsp3) is 0.316. The van der Waals surface area contributed by atoms with Crippen LogP contribution in [0.15, 0.2) is 54.6 Å². The number of benzene rings is 2. The lowest BCUT2D eigenvalue weighted by molar-refractivity contribution is 0.0901. The van der Waals surface area contributed by atoms with Crippen molar-refractivity contribution in [1.29, 1.82) is 0 Å². The minimum absolute atomic E-state index is 0.151. The first-order valence-electron chi connectivity index (χ1n) is 7.68. The van der Waals surface area contributed by atoms with Crippen molar-refractivity contribution in [2.45, 2.75) is 26.4 Å². The minimum Gasteiger partial charge on any atom is -0.391 e. The van der Waals surface area contributed by atoms with Crippen molar-refractivity contribution < 1.29 is 9.90 Å². The van der Waals surface area contributed by atoms with E-state index < -0.39 is 6.10 Å². The Bertz CT molecular complexity index is 608. The molecule has 0 fully saturated rings. The van der Waals surface area contributed by atoms with Crippen LogP contribution in [0.5, 0.6) is 0 Å². The molecule has 0 aromatic heterocycles. The van der Waals surface area contributed by atoms with Crippen LogP contribution in [0.3, 0.4) is 0 Å². The first kappa shape index (κ1) is 16.2. The minimum atomic E-state index is -0.507. The average Bonchev–Trinajstić information content (AvgIpc) is 2.53. The van der Waals surface area contributed by atoms with Crippen molar-refractivity contribution in [2.75, 3.05) is 6.54 Å². The van der Waals surface area contributed by atoms with Gasteiger partial charge in [0, 0.05) is 12.1 Å². The Hall–Kier alpha value is -2.13. The topological polar surface area (TPSA) is 49.3 Å². The second-order valence-electron chi connectivity index (χ2n) is 5.91. The van der Waals surface area contributed by atoms with E-state index >= 15 is 0 Å². The molecular formula is C19H23NO2. The molecule has 1 atom stereocenters. The van der Waals surface area contributed by atoms with Gasteiger partial charge in [0.2, 0.25) is 0 Å². The zero-order valence-corrected chi connectivity index (χ0v) is 13.1. The molecular weight excluding hydrogens is 274 g/mol. The summed E-state index contributed by atoms with van der Waals surface area (Å²) in [6.45, 7) is 4.38. The number of nitrogens with one attached hydrogen (secondary N) is 1. The molecule has 0 heterocycles. The predicted molar refractivity (Wildman–Crippen MR) is 89.7 cm³/mol. The summed E-state index contributed by atoms with van der Waals surface area (Å²) in [4.78, 5) is 12.4. The van der Waals surface area contributed by atoms with Gasteiger partial charge in [0.05, 0.1) is 6.10 Å². The zero-order valence-electron chi connectivity index (χ0n) is 13.1. The molecule has 0 radical (unpaired) electrons. The van der Waals surface area contributed by atoms with Gasteiger partial charge < -0.3 is 10.4 Å². The molecule has 116 valence electrons. The van der Waals surface area contributed by atoms with Gasteiger partial charge in [-0.05, 0) is 29.5 Å². The van der Waals surface area contributed by atoms with Gasteiger partial charge in [0.15, 0.2) is 0 Å². The molecule has 2 rings (SSSR count). The SMILES string of the molecule is CC(C)CC(O)CNC(=O)c1ccccc1-c1ccccc1. The summed E-state index contributed by atoms with van der Waals surface area (Å²) in [6.07, 6.45) is 0.175. The van der Waals surface area contributed by atoms with Gasteiger partial charge in [0.1, 0.15) is 0 Å². The van der Waals surface area contributed by atoms with Crippen molar-refractivity contribution in [1.82, 2.24) is 5.32 Å². The molecule has 0 aliphatic heterocycles. The number of rotatable bonds is 6. The lowest BCUT2D eigenvalue weighted by Gasteiger charge is -2.15. The van der Waals surface area contributed by atoms with Gasteiger partial charge in [-0.25, -0.2) is 0 Å². The van der Waals surface area contributed by atoms with Crippen molar-refractivity contribution in [2.24, 2.45) is 5.92 Å². The van der Waals surface area contributed by atoms with Crippen molar-refractivity contribution in [3.8, 4) is 11.1 Å². The van der Waals surface area contributed by atoms with Gasteiger partial charge in [-0.15, -0.1) is 0 Å². The predicted octanol–water partition coefficient (Wildman–Crippen LogP) is 3.49. The van der Waals surface area contributed by atoms with E-state index in [9.17, 15) is 9.90 Å². The van der Waals surface area contributed by atoms with Crippen LogP contribution in [0.1, 0.15) is 30.6 Å². The monoisotopic (exact) mass is 297 g/mol. The lowest BCUT2D eigenvalue weighted by atomic mass is 9.99. The third-order valence-corrected chi connectivity index (χ3v) is 3.50. The normalized spacial score (nSPS) is 12.2. The maximum atomic E-state index is 12.4. The van der Waals surface area contributed by atoms with Crippen molar-refractivity contribution >= 4 is 5.91 Å². The highest BCUT2D eigenvalue weighted by atomic mass is 16.3.